The van der Waals surface area contributed by atoms with Gasteiger partial charge >= 0.3 is 0 Å². The van der Waals surface area contributed by atoms with E-state index in [1.807, 2.05) is 48.5 Å². The molecule has 0 radical (unpaired) electrons. The van der Waals surface area contributed by atoms with Crippen molar-refractivity contribution in [2.24, 2.45) is 0 Å². The third kappa shape index (κ3) is 10.3. The van der Waals surface area contributed by atoms with E-state index in [2.05, 4.69) is 101 Å². The van der Waals surface area contributed by atoms with Gasteiger partial charge in [0.1, 0.15) is 0 Å². The predicted molar refractivity (Wildman–Crippen MR) is 211 cm³/mol. The number of nitrogens with one attached hydrogen (secondary N) is 2. The van der Waals surface area contributed by atoms with Gasteiger partial charge in [0, 0.05) is 17.8 Å². The zero-order valence-corrected chi connectivity index (χ0v) is 31.6. The van der Waals surface area contributed by atoms with E-state index < -0.39 is 27.7 Å². The highest BCUT2D eigenvalue weighted by atomic mass is 32.2. The van der Waals surface area contributed by atoms with Gasteiger partial charge in [-0.1, -0.05) is 139 Å². The van der Waals surface area contributed by atoms with Crippen molar-refractivity contribution < 1.29 is 22.6 Å². The summed E-state index contributed by atoms with van der Waals surface area (Å²) in [5.74, 6) is -1.71. The van der Waals surface area contributed by atoms with E-state index in [-0.39, 0.29) is 23.3 Å². The number of anilines is 1. The molecule has 0 aliphatic carbocycles. The van der Waals surface area contributed by atoms with Crippen molar-refractivity contribution in [3.63, 3.8) is 0 Å². The highest BCUT2D eigenvalue weighted by Crippen LogP contribution is 2.31. The summed E-state index contributed by atoms with van der Waals surface area (Å²) in [7, 11) is -4.18. The smallest absolute Gasteiger partial charge is 0.266 e. The van der Waals surface area contributed by atoms with Crippen LogP contribution in [0.5, 0.6) is 0 Å². The van der Waals surface area contributed by atoms with Gasteiger partial charge in [-0.05, 0) is 86.0 Å². The number of rotatable bonds is 11. The Kier molecular flexibility index (Phi) is 11.5. The molecule has 0 aliphatic heterocycles. The van der Waals surface area contributed by atoms with Gasteiger partial charge in [-0.2, -0.15) is 8.42 Å². The number of benzene rings is 5. The van der Waals surface area contributed by atoms with Crippen LogP contribution in [0.1, 0.15) is 80.1 Å². The van der Waals surface area contributed by atoms with Crippen LogP contribution in [0.15, 0.2) is 121 Å². The Morgan fingerprint density at radius 1 is 0.615 bits per heavy atom. The molecule has 0 aliphatic rings. The van der Waals surface area contributed by atoms with Crippen LogP contribution in [-0.4, -0.2) is 37.1 Å². The molecule has 5 aromatic rings. The van der Waals surface area contributed by atoms with Gasteiger partial charge in [0.05, 0.1) is 11.7 Å². The summed E-state index contributed by atoms with van der Waals surface area (Å²) < 4.78 is 30.9. The monoisotopic (exact) mass is 716 g/mol. The van der Waals surface area contributed by atoms with E-state index in [1.54, 1.807) is 24.3 Å². The Balaban J connectivity index is 1.35. The largest absolute Gasteiger partial charge is 0.351 e. The lowest BCUT2D eigenvalue weighted by molar-refractivity contribution is -0.117. The minimum Gasteiger partial charge on any atom is -0.351 e. The van der Waals surface area contributed by atoms with Crippen LogP contribution in [0.3, 0.4) is 0 Å². The van der Waals surface area contributed by atoms with Crippen molar-refractivity contribution >= 4 is 27.6 Å². The van der Waals surface area contributed by atoms with Crippen LogP contribution in [0.4, 0.5) is 5.69 Å². The molecule has 0 heterocycles. The lowest BCUT2D eigenvalue weighted by atomic mass is 9.86. The third-order valence-corrected chi connectivity index (χ3v) is 9.97. The zero-order chi connectivity index (χ0) is 37.7. The van der Waals surface area contributed by atoms with E-state index >= 15 is 0 Å². The van der Waals surface area contributed by atoms with Gasteiger partial charge in [0.15, 0.2) is 0 Å². The first-order chi connectivity index (χ1) is 24.5. The molecule has 0 spiro atoms. The molecule has 7 nitrogen and oxygen atoms in total. The van der Waals surface area contributed by atoms with Crippen molar-refractivity contribution in [1.29, 1.82) is 0 Å². The van der Waals surface area contributed by atoms with Gasteiger partial charge in [0.2, 0.25) is 5.91 Å². The fraction of sp³-hybridized carbons (Fsp3) is 0.273. The Morgan fingerprint density at radius 3 is 1.46 bits per heavy atom. The quantitative estimate of drug-likeness (QED) is 0.118. The first-order valence-corrected chi connectivity index (χ1v) is 19.1. The fourth-order valence-electron chi connectivity index (χ4n) is 5.99. The van der Waals surface area contributed by atoms with Gasteiger partial charge in [-0.15, -0.1) is 0 Å². The molecule has 8 heteroatoms. The Hall–Kier alpha value is -5.05. The van der Waals surface area contributed by atoms with Crippen molar-refractivity contribution in [3.8, 4) is 22.3 Å². The molecule has 1 atom stereocenters. The molecule has 3 N–H and O–H groups in total. The molecule has 0 saturated heterocycles. The van der Waals surface area contributed by atoms with Crippen molar-refractivity contribution in [2.75, 3.05) is 17.6 Å². The number of carbonyl (C=O) groups is 2. The van der Waals surface area contributed by atoms with Crippen LogP contribution < -0.4 is 10.6 Å². The molecular weight excluding hydrogens is 669 g/mol. The van der Waals surface area contributed by atoms with E-state index in [1.165, 1.54) is 11.1 Å². The Bertz CT molecular complexity index is 2090. The molecule has 0 fully saturated rings. The van der Waals surface area contributed by atoms with Crippen molar-refractivity contribution in [3.05, 3.63) is 149 Å². The lowest BCUT2D eigenvalue weighted by Gasteiger charge is -2.20. The molecule has 5 rings (SSSR count). The molecule has 1 unspecified atom stereocenters. The topological polar surface area (TPSA) is 113 Å². The molecule has 0 saturated carbocycles. The maximum atomic E-state index is 14.0. The fourth-order valence-corrected chi connectivity index (χ4v) is 6.35. The highest BCUT2D eigenvalue weighted by Gasteiger charge is 2.23. The predicted octanol–water partition coefficient (Wildman–Crippen LogP) is 9.20. The number of carbonyl (C=O) groups excluding carboxylic acids is 2. The van der Waals surface area contributed by atoms with E-state index in [0.29, 0.717) is 17.7 Å². The second-order valence-electron chi connectivity index (χ2n) is 15.3. The summed E-state index contributed by atoms with van der Waals surface area (Å²) in [6, 6.07) is 40.0. The van der Waals surface area contributed by atoms with Gasteiger partial charge in [-0.3, -0.25) is 14.1 Å². The summed E-state index contributed by atoms with van der Waals surface area (Å²) >= 11 is 0. The average molecular weight is 717 g/mol. The minimum atomic E-state index is -4.18. The standard InChI is InChI=1S/C44H48N2O5S/c1-43(2,3)37-21-15-32(16-22-37)31-11-13-35(14-12-31)40(29-30-7-9-36(10-8-30)41(47)45-27-28-52(49,50)51)42(48)46-39-25-19-34(20-26-39)33-17-23-38(24-18-33)44(4,5)6/h7-26,40H,27-29H2,1-6H3,(H,45,47)(H,46,48)(H,49,50,51). The Morgan fingerprint density at radius 2 is 1.04 bits per heavy atom. The Labute approximate surface area is 308 Å². The summed E-state index contributed by atoms with van der Waals surface area (Å²) in [6.07, 6.45) is 0.383. The maximum absolute atomic E-state index is 14.0. The van der Waals surface area contributed by atoms with Crippen molar-refractivity contribution in [2.45, 2.75) is 64.7 Å². The van der Waals surface area contributed by atoms with Crippen molar-refractivity contribution in [1.82, 2.24) is 5.32 Å². The molecule has 0 aromatic heterocycles. The highest BCUT2D eigenvalue weighted by molar-refractivity contribution is 7.85. The second-order valence-corrected chi connectivity index (χ2v) is 16.9. The summed E-state index contributed by atoms with van der Waals surface area (Å²) in [4.78, 5) is 26.6. The van der Waals surface area contributed by atoms with E-state index in [4.69, 9.17) is 4.55 Å². The van der Waals surface area contributed by atoms with Crippen LogP contribution in [-0.2, 0) is 32.2 Å². The van der Waals surface area contributed by atoms with Gasteiger partial charge in [-0.25, -0.2) is 0 Å². The van der Waals surface area contributed by atoms with Crippen LogP contribution in [0.2, 0.25) is 0 Å². The number of amides is 2. The number of hydrogen-bond donors (Lipinski definition) is 3. The SMILES string of the molecule is CC(C)(C)c1ccc(-c2ccc(NC(=O)C(Cc3ccc(C(=O)NCCS(=O)(=O)O)cc3)c3ccc(-c4ccc(C(C)(C)C)cc4)cc3)cc2)cc1. The third-order valence-electron chi connectivity index (χ3n) is 9.25. The normalized spacial score (nSPS) is 12.6. The van der Waals surface area contributed by atoms with Crippen LogP contribution in [0, 0.1) is 0 Å². The second kappa shape index (κ2) is 15.7. The molecule has 0 bridgehead atoms. The molecule has 5 aromatic carbocycles. The first kappa shape index (κ1) is 38.2. The van der Waals surface area contributed by atoms with E-state index in [9.17, 15) is 18.0 Å². The van der Waals surface area contributed by atoms with Crippen LogP contribution >= 0.6 is 0 Å². The van der Waals surface area contributed by atoms with E-state index in [0.717, 1.165) is 33.4 Å². The average Bonchev–Trinajstić information content (AvgIpc) is 3.10. The molecule has 270 valence electrons. The van der Waals surface area contributed by atoms with Crippen LogP contribution in [0.25, 0.3) is 22.3 Å². The summed E-state index contributed by atoms with van der Waals surface area (Å²) in [5, 5.41) is 5.62. The molecule has 2 amide bonds. The van der Waals surface area contributed by atoms with Gasteiger partial charge < -0.3 is 10.6 Å². The zero-order valence-electron chi connectivity index (χ0n) is 30.7. The lowest BCUT2D eigenvalue weighted by Crippen LogP contribution is -2.28. The number of hydrogen-bond acceptors (Lipinski definition) is 4. The molecule has 52 heavy (non-hydrogen) atoms. The first-order valence-electron chi connectivity index (χ1n) is 17.5. The van der Waals surface area contributed by atoms with Gasteiger partial charge in [0.25, 0.3) is 16.0 Å². The minimum absolute atomic E-state index is 0.0616. The maximum Gasteiger partial charge on any atom is 0.266 e. The summed E-state index contributed by atoms with van der Waals surface area (Å²) in [5.41, 5.74) is 9.73. The summed E-state index contributed by atoms with van der Waals surface area (Å²) in [6.45, 7) is 13.0. The molecular formula is C44H48N2O5S.